The van der Waals surface area contributed by atoms with Gasteiger partial charge in [0.1, 0.15) is 4.88 Å². The summed E-state index contributed by atoms with van der Waals surface area (Å²) in [6.07, 6.45) is -2.66. The number of ether oxygens (including phenoxy) is 1. The molecule has 1 aromatic heterocycles. The zero-order chi connectivity index (χ0) is 22.9. The number of amides is 2. The lowest BCUT2D eigenvalue weighted by Gasteiger charge is -2.31. The summed E-state index contributed by atoms with van der Waals surface area (Å²) in [6, 6.07) is 1.47. The van der Waals surface area contributed by atoms with Crippen LogP contribution in [0, 0.1) is 11.8 Å². The predicted molar refractivity (Wildman–Crippen MR) is 107 cm³/mol. The normalized spacial score (nSPS) is 19.9. The van der Waals surface area contributed by atoms with Crippen LogP contribution in [0.3, 0.4) is 0 Å². The summed E-state index contributed by atoms with van der Waals surface area (Å²) >= 11 is 1.03. The summed E-state index contributed by atoms with van der Waals surface area (Å²) in [6.45, 7) is 7.65. The van der Waals surface area contributed by atoms with E-state index in [1.165, 1.54) is 6.07 Å². The second-order valence-corrected chi connectivity index (χ2v) is 9.69. The average Bonchev–Trinajstić information content (AvgIpc) is 3.10. The van der Waals surface area contributed by atoms with Crippen molar-refractivity contribution >= 4 is 34.8 Å². The van der Waals surface area contributed by atoms with E-state index in [0.717, 1.165) is 31.3 Å². The molecule has 0 spiro atoms. The smallest absolute Gasteiger partial charge is 0.465 e. The van der Waals surface area contributed by atoms with Crippen molar-refractivity contribution in [1.29, 1.82) is 0 Å². The third kappa shape index (κ3) is 5.53. The van der Waals surface area contributed by atoms with Crippen LogP contribution in [-0.2, 0) is 19.7 Å². The highest BCUT2D eigenvalue weighted by Gasteiger charge is 2.43. The topological polar surface area (TPSA) is 75.7 Å². The molecular weight excluding hydrogens is 421 g/mol. The number of methoxy groups -OCH3 is 1. The van der Waals surface area contributed by atoms with Crippen LogP contribution in [0.1, 0.15) is 67.9 Å². The Kier molecular flexibility index (Phi) is 7.21. The Labute approximate surface area is 177 Å². The maximum atomic E-state index is 13.2. The molecule has 2 rings (SSSR count). The maximum absolute atomic E-state index is 13.2. The molecule has 1 saturated carbocycles. The molecule has 1 fully saturated rings. The fraction of sp³-hybridized carbons (Fsp3) is 0.650. The molecule has 0 radical (unpaired) electrons. The number of nitrogens with one attached hydrogen (secondary N) is 1. The van der Waals surface area contributed by atoms with Crippen molar-refractivity contribution in [2.45, 2.75) is 65.0 Å². The number of hydrogen-bond donors (Lipinski definition) is 1. The molecular formula is C20H27F3N2O4S. The minimum atomic E-state index is -5.19. The van der Waals surface area contributed by atoms with E-state index in [2.05, 4.69) is 0 Å². The second-order valence-electron chi connectivity index (χ2n) is 8.64. The van der Waals surface area contributed by atoms with Crippen molar-refractivity contribution in [2.24, 2.45) is 11.8 Å². The van der Waals surface area contributed by atoms with Gasteiger partial charge < -0.3 is 4.74 Å². The quantitative estimate of drug-likeness (QED) is 0.542. The van der Waals surface area contributed by atoms with Gasteiger partial charge in [0.15, 0.2) is 0 Å². The SMILES string of the molecule is COC(=O)c1sc(C(C)(C)C)cc1N(NC(=O)C(F)(F)F)C(=O)C1CCC(C)CC1. The number of halogens is 3. The van der Waals surface area contributed by atoms with Gasteiger partial charge in [-0.2, -0.15) is 13.2 Å². The molecule has 1 heterocycles. The van der Waals surface area contributed by atoms with Crippen molar-refractivity contribution in [2.75, 3.05) is 12.1 Å². The highest BCUT2D eigenvalue weighted by Crippen LogP contribution is 2.39. The van der Waals surface area contributed by atoms with Gasteiger partial charge in [-0.05, 0) is 43.1 Å². The minimum Gasteiger partial charge on any atom is -0.465 e. The molecule has 1 N–H and O–H groups in total. The molecule has 0 unspecified atom stereocenters. The van der Waals surface area contributed by atoms with Gasteiger partial charge in [0, 0.05) is 10.8 Å². The number of esters is 1. The summed E-state index contributed by atoms with van der Waals surface area (Å²) < 4.78 is 43.7. The van der Waals surface area contributed by atoms with Crippen molar-refractivity contribution in [3.05, 3.63) is 15.8 Å². The van der Waals surface area contributed by atoms with Gasteiger partial charge in [0.25, 0.3) is 0 Å². The number of anilines is 1. The van der Waals surface area contributed by atoms with Gasteiger partial charge in [0.05, 0.1) is 12.8 Å². The summed E-state index contributed by atoms with van der Waals surface area (Å²) in [5.74, 6) is -3.85. The van der Waals surface area contributed by atoms with Gasteiger partial charge >= 0.3 is 18.1 Å². The monoisotopic (exact) mass is 448 g/mol. The van der Waals surface area contributed by atoms with E-state index < -0.39 is 35.3 Å². The second kappa shape index (κ2) is 8.95. The number of thiophene rings is 1. The van der Waals surface area contributed by atoms with Crippen molar-refractivity contribution in [3.63, 3.8) is 0 Å². The fourth-order valence-electron chi connectivity index (χ4n) is 3.24. The first-order valence-electron chi connectivity index (χ1n) is 9.70. The maximum Gasteiger partial charge on any atom is 0.472 e. The first kappa shape index (κ1) is 24.2. The van der Waals surface area contributed by atoms with E-state index in [1.807, 2.05) is 27.7 Å². The first-order valence-corrected chi connectivity index (χ1v) is 10.5. The fourth-order valence-corrected chi connectivity index (χ4v) is 4.36. The summed E-state index contributed by atoms with van der Waals surface area (Å²) in [4.78, 5) is 37.8. The highest BCUT2D eigenvalue weighted by atomic mass is 32.1. The van der Waals surface area contributed by atoms with E-state index in [4.69, 9.17) is 4.74 Å². The molecule has 1 aliphatic rings. The number of alkyl halides is 3. The molecule has 0 bridgehead atoms. The van der Waals surface area contributed by atoms with Gasteiger partial charge in [0.2, 0.25) is 5.91 Å². The molecule has 0 atom stereocenters. The standard InChI is InChI=1S/C20H27F3N2O4S/c1-11-6-8-12(9-7-11)16(26)25(24-18(28)20(21,22)23)13-10-14(19(2,3)4)30-15(13)17(27)29-5/h10-12H,6-9H2,1-5H3,(H,24,28). The van der Waals surface area contributed by atoms with Crippen LogP contribution in [-0.4, -0.2) is 31.1 Å². The van der Waals surface area contributed by atoms with Crippen LogP contribution in [0.15, 0.2) is 6.07 Å². The number of carbonyl (C=O) groups excluding carboxylic acids is 3. The Bertz CT molecular complexity index is 806. The number of nitrogens with zero attached hydrogens (tertiary/aromatic N) is 1. The van der Waals surface area contributed by atoms with E-state index in [9.17, 15) is 27.6 Å². The largest absolute Gasteiger partial charge is 0.472 e. The van der Waals surface area contributed by atoms with Gasteiger partial charge in [-0.25, -0.2) is 9.80 Å². The molecule has 6 nitrogen and oxygen atoms in total. The minimum absolute atomic E-state index is 0.0394. The Morgan fingerprint density at radius 1 is 1.13 bits per heavy atom. The zero-order valence-electron chi connectivity index (χ0n) is 17.7. The number of carbonyl (C=O) groups is 3. The lowest BCUT2D eigenvalue weighted by molar-refractivity contribution is -0.174. The van der Waals surface area contributed by atoms with Gasteiger partial charge in [-0.1, -0.05) is 27.7 Å². The Balaban J connectivity index is 2.52. The van der Waals surface area contributed by atoms with Crippen molar-refractivity contribution < 1.29 is 32.3 Å². The third-order valence-electron chi connectivity index (χ3n) is 5.12. The van der Waals surface area contributed by atoms with Crippen molar-refractivity contribution in [1.82, 2.24) is 5.43 Å². The molecule has 1 aliphatic carbocycles. The molecule has 2 amide bonds. The molecule has 0 aromatic carbocycles. The molecule has 0 aliphatic heterocycles. The van der Waals surface area contributed by atoms with E-state index in [-0.39, 0.29) is 10.6 Å². The molecule has 30 heavy (non-hydrogen) atoms. The summed E-state index contributed by atoms with van der Waals surface area (Å²) in [5, 5.41) is 0.592. The molecule has 10 heteroatoms. The zero-order valence-corrected chi connectivity index (χ0v) is 18.5. The van der Waals surface area contributed by atoms with Gasteiger partial charge in [-0.15, -0.1) is 11.3 Å². The summed E-state index contributed by atoms with van der Waals surface area (Å²) in [5.41, 5.74) is 1.15. The van der Waals surface area contributed by atoms with Crippen LogP contribution in [0.25, 0.3) is 0 Å². The predicted octanol–water partition coefficient (Wildman–Crippen LogP) is 4.59. The Morgan fingerprint density at radius 3 is 2.17 bits per heavy atom. The number of hydrogen-bond acceptors (Lipinski definition) is 5. The van der Waals surface area contributed by atoms with E-state index in [1.54, 1.807) is 5.43 Å². The van der Waals surface area contributed by atoms with Gasteiger partial charge in [-0.3, -0.25) is 15.0 Å². The van der Waals surface area contributed by atoms with Crippen LogP contribution in [0.5, 0.6) is 0 Å². The number of hydrazine groups is 1. The van der Waals surface area contributed by atoms with Crippen LogP contribution >= 0.6 is 11.3 Å². The van der Waals surface area contributed by atoms with E-state index >= 15 is 0 Å². The third-order valence-corrected chi connectivity index (χ3v) is 6.65. The summed E-state index contributed by atoms with van der Waals surface area (Å²) in [7, 11) is 1.14. The molecule has 168 valence electrons. The lowest BCUT2D eigenvalue weighted by Crippen LogP contribution is -2.53. The van der Waals surface area contributed by atoms with E-state index in [0.29, 0.717) is 28.6 Å². The highest BCUT2D eigenvalue weighted by molar-refractivity contribution is 7.14. The Morgan fingerprint density at radius 2 is 1.70 bits per heavy atom. The molecule has 1 aromatic rings. The van der Waals surface area contributed by atoms with Crippen molar-refractivity contribution in [3.8, 4) is 0 Å². The van der Waals surface area contributed by atoms with Crippen LogP contribution < -0.4 is 10.4 Å². The average molecular weight is 449 g/mol. The first-order chi connectivity index (χ1) is 13.8. The number of rotatable bonds is 3. The van der Waals surface area contributed by atoms with Crippen LogP contribution in [0.2, 0.25) is 0 Å². The Hall–Kier alpha value is -2.10. The van der Waals surface area contributed by atoms with Crippen LogP contribution in [0.4, 0.5) is 18.9 Å². The molecule has 0 saturated heterocycles. The lowest BCUT2D eigenvalue weighted by atomic mass is 9.82.